The molecule has 0 amide bonds. The molecule has 0 saturated carbocycles. The quantitative estimate of drug-likeness (QED) is 0.506. The van der Waals surface area contributed by atoms with E-state index in [9.17, 15) is 4.79 Å². The van der Waals surface area contributed by atoms with Gasteiger partial charge >= 0.3 is 0 Å². The van der Waals surface area contributed by atoms with Crippen molar-refractivity contribution in [1.29, 1.82) is 0 Å². The molecule has 0 atom stereocenters. The Labute approximate surface area is 164 Å². The summed E-state index contributed by atoms with van der Waals surface area (Å²) in [5, 5.41) is 5.70. The summed E-state index contributed by atoms with van der Waals surface area (Å²) in [6.45, 7) is 0. The molecule has 0 saturated heterocycles. The number of nitrogens with zero attached hydrogens (tertiary/aromatic N) is 4. The number of benzene rings is 2. The van der Waals surface area contributed by atoms with E-state index in [4.69, 9.17) is 23.2 Å². The van der Waals surface area contributed by atoms with Crippen LogP contribution in [0.4, 0.5) is 0 Å². The van der Waals surface area contributed by atoms with E-state index >= 15 is 0 Å². The van der Waals surface area contributed by atoms with Crippen molar-refractivity contribution >= 4 is 23.2 Å². The number of hydrogen-bond acceptors (Lipinski definition) is 4. The van der Waals surface area contributed by atoms with Crippen molar-refractivity contribution in [3.63, 3.8) is 0 Å². The SMILES string of the molecule is O=c1ccn(-c2ccc(Cl)cc2)nc1-c1ccnc(-c2ccc(Cl)cc2)n1. The van der Waals surface area contributed by atoms with Crippen LogP contribution in [0.15, 0.2) is 77.9 Å². The summed E-state index contributed by atoms with van der Waals surface area (Å²) in [5.41, 5.74) is 2.05. The van der Waals surface area contributed by atoms with Crippen LogP contribution in [0, 0.1) is 0 Å². The van der Waals surface area contributed by atoms with Crippen LogP contribution in [-0.2, 0) is 0 Å². The minimum Gasteiger partial charge on any atom is -0.287 e. The van der Waals surface area contributed by atoms with Crippen LogP contribution in [0.3, 0.4) is 0 Å². The first-order valence-electron chi connectivity index (χ1n) is 8.05. The lowest BCUT2D eigenvalue weighted by Crippen LogP contribution is -2.13. The maximum absolute atomic E-state index is 12.4. The molecule has 2 aromatic heterocycles. The van der Waals surface area contributed by atoms with Crippen molar-refractivity contribution in [1.82, 2.24) is 19.7 Å². The van der Waals surface area contributed by atoms with Crippen LogP contribution in [0.2, 0.25) is 10.0 Å². The molecule has 2 heterocycles. The zero-order valence-electron chi connectivity index (χ0n) is 13.9. The van der Waals surface area contributed by atoms with Crippen molar-refractivity contribution in [2.45, 2.75) is 0 Å². The maximum Gasteiger partial charge on any atom is 0.209 e. The zero-order valence-corrected chi connectivity index (χ0v) is 15.4. The summed E-state index contributed by atoms with van der Waals surface area (Å²) >= 11 is 11.9. The number of hydrogen-bond donors (Lipinski definition) is 0. The fourth-order valence-electron chi connectivity index (χ4n) is 2.55. The van der Waals surface area contributed by atoms with Gasteiger partial charge in [0.25, 0.3) is 0 Å². The lowest BCUT2D eigenvalue weighted by atomic mass is 10.2. The molecule has 27 heavy (non-hydrogen) atoms. The van der Waals surface area contributed by atoms with E-state index in [1.165, 1.54) is 6.07 Å². The molecule has 0 N–H and O–H groups in total. The Bertz CT molecular complexity index is 1160. The molecular weight excluding hydrogens is 383 g/mol. The molecule has 0 aliphatic heterocycles. The highest BCUT2D eigenvalue weighted by molar-refractivity contribution is 6.30. The molecule has 0 bridgehead atoms. The van der Waals surface area contributed by atoms with Gasteiger partial charge in [0.1, 0.15) is 0 Å². The molecule has 4 rings (SSSR count). The minimum atomic E-state index is -0.221. The van der Waals surface area contributed by atoms with Crippen LogP contribution in [0.25, 0.3) is 28.5 Å². The summed E-state index contributed by atoms with van der Waals surface area (Å²) in [4.78, 5) is 21.2. The number of rotatable bonds is 3. The summed E-state index contributed by atoms with van der Waals surface area (Å²) < 4.78 is 1.61. The van der Waals surface area contributed by atoms with E-state index in [1.54, 1.807) is 47.4 Å². The van der Waals surface area contributed by atoms with Crippen LogP contribution in [-0.4, -0.2) is 19.7 Å². The Hall–Kier alpha value is -3.02. The topological polar surface area (TPSA) is 60.7 Å². The van der Waals surface area contributed by atoms with E-state index in [0.29, 0.717) is 21.6 Å². The van der Waals surface area contributed by atoms with E-state index in [1.807, 2.05) is 24.3 Å². The smallest absolute Gasteiger partial charge is 0.209 e. The van der Waals surface area contributed by atoms with Gasteiger partial charge in [0, 0.05) is 34.1 Å². The van der Waals surface area contributed by atoms with Crippen molar-refractivity contribution in [3.8, 4) is 28.5 Å². The molecule has 0 radical (unpaired) electrons. The van der Waals surface area contributed by atoms with Gasteiger partial charge in [0.15, 0.2) is 11.5 Å². The first-order valence-corrected chi connectivity index (χ1v) is 8.81. The molecule has 0 fully saturated rings. The Morgan fingerprint density at radius 2 is 1.48 bits per heavy atom. The van der Waals surface area contributed by atoms with Crippen LogP contribution in [0.1, 0.15) is 0 Å². The van der Waals surface area contributed by atoms with Gasteiger partial charge in [-0.05, 0) is 54.6 Å². The fraction of sp³-hybridized carbons (Fsp3) is 0. The molecule has 2 aromatic carbocycles. The molecule has 4 aromatic rings. The van der Waals surface area contributed by atoms with E-state index in [0.717, 1.165) is 11.3 Å². The minimum absolute atomic E-state index is 0.221. The van der Waals surface area contributed by atoms with Gasteiger partial charge in [-0.2, -0.15) is 5.10 Å². The highest BCUT2D eigenvalue weighted by Crippen LogP contribution is 2.20. The largest absolute Gasteiger partial charge is 0.287 e. The molecule has 7 heteroatoms. The Kier molecular flexibility index (Phi) is 4.71. The van der Waals surface area contributed by atoms with Gasteiger partial charge in [-0.15, -0.1) is 0 Å². The van der Waals surface area contributed by atoms with Gasteiger partial charge in [-0.25, -0.2) is 14.6 Å². The van der Waals surface area contributed by atoms with Crippen LogP contribution >= 0.6 is 23.2 Å². The average molecular weight is 395 g/mol. The third-order valence-corrected chi connectivity index (χ3v) is 4.40. The molecule has 5 nitrogen and oxygen atoms in total. The second-order valence-corrected chi connectivity index (χ2v) is 6.59. The van der Waals surface area contributed by atoms with Crippen molar-refractivity contribution < 1.29 is 0 Å². The van der Waals surface area contributed by atoms with Gasteiger partial charge in [-0.3, -0.25) is 4.79 Å². The summed E-state index contributed by atoms with van der Waals surface area (Å²) in [6.07, 6.45) is 3.21. The Balaban J connectivity index is 1.78. The standard InChI is InChI=1S/C20H12Cl2N4O/c21-14-3-1-13(2-4-14)20-23-11-9-17(24-20)19-18(27)10-12-26(25-19)16-7-5-15(22)6-8-16/h1-12H. The first-order chi connectivity index (χ1) is 13.1. The zero-order chi connectivity index (χ0) is 18.8. The fourth-order valence-corrected chi connectivity index (χ4v) is 2.80. The summed E-state index contributed by atoms with van der Waals surface area (Å²) in [7, 11) is 0. The third kappa shape index (κ3) is 3.74. The average Bonchev–Trinajstić information content (AvgIpc) is 2.70. The Morgan fingerprint density at radius 3 is 2.19 bits per heavy atom. The lowest BCUT2D eigenvalue weighted by Gasteiger charge is -2.08. The predicted octanol–water partition coefficient (Wildman–Crippen LogP) is 4.66. The second-order valence-electron chi connectivity index (χ2n) is 5.72. The highest BCUT2D eigenvalue weighted by atomic mass is 35.5. The van der Waals surface area contributed by atoms with Crippen molar-refractivity contribution in [2.75, 3.05) is 0 Å². The van der Waals surface area contributed by atoms with E-state index in [-0.39, 0.29) is 11.1 Å². The molecule has 0 aliphatic carbocycles. The van der Waals surface area contributed by atoms with E-state index in [2.05, 4.69) is 15.1 Å². The predicted molar refractivity (Wildman–Crippen MR) is 106 cm³/mol. The van der Waals surface area contributed by atoms with Crippen molar-refractivity contribution in [2.24, 2.45) is 0 Å². The molecule has 132 valence electrons. The lowest BCUT2D eigenvalue weighted by molar-refractivity contribution is 0.839. The summed E-state index contributed by atoms with van der Waals surface area (Å²) in [6, 6.07) is 17.5. The number of halogens is 2. The van der Waals surface area contributed by atoms with E-state index < -0.39 is 0 Å². The third-order valence-electron chi connectivity index (χ3n) is 3.90. The molecule has 0 unspecified atom stereocenters. The van der Waals surface area contributed by atoms with Gasteiger partial charge in [0.2, 0.25) is 5.43 Å². The monoisotopic (exact) mass is 394 g/mol. The number of aromatic nitrogens is 4. The van der Waals surface area contributed by atoms with Gasteiger partial charge in [-0.1, -0.05) is 23.2 Å². The second kappa shape index (κ2) is 7.31. The first kappa shape index (κ1) is 17.4. The van der Waals surface area contributed by atoms with Gasteiger partial charge in [0.05, 0.1) is 11.4 Å². The molecular formula is C20H12Cl2N4O. The van der Waals surface area contributed by atoms with Crippen LogP contribution < -0.4 is 5.43 Å². The van der Waals surface area contributed by atoms with Gasteiger partial charge < -0.3 is 0 Å². The molecule has 0 aliphatic rings. The Morgan fingerprint density at radius 1 is 0.815 bits per heavy atom. The highest BCUT2D eigenvalue weighted by Gasteiger charge is 2.11. The normalized spacial score (nSPS) is 10.7. The van der Waals surface area contributed by atoms with Crippen LogP contribution in [0.5, 0.6) is 0 Å². The maximum atomic E-state index is 12.4. The summed E-state index contributed by atoms with van der Waals surface area (Å²) in [5.74, 6) is 0.493. The van der Waals surface area contributed by atoms with Crippen molar-refractivity contribution in [3.05, 3.63) is 93.3 Å². The molecule has 0 spiro atoms.